The summed E-state index contributed by atoms with van der Waals surface area (Å²) < 4.78 is 25.3. The summed E-state index contributed by atoms with van der Waals surface area (Å²) in [5.74, 6) is 0.0658. The van der Waals surface area contributed by atoms with E-state index in [4.69, 9.17) is 5.73 Å². The molecular weight excluding hydrogens is 212 g/mol. The van der Waals surface area contributed by atoms with Gasteiger partial charge in [0.05, 0.1) is 11.8 Å². The number of rotatable bonds is 5. The van der Waals surface area contributed by atoms with Gasteiger partial charge in [0, 0.05) is 6.54 Å². The SMILES string of the molecule is CCS(=O)(=O)NC(CN)c1ccccc1. The van der Waals surface area contributed by atoms with E-state index >= 15 is 0 Å². The van der Waals surface area contributed by atoms with Gasteiger partial charge in [0.25, 0.3) is 0 Å². The molecule has 0 spiro atoms. The Morgan fingerprint density at radius 1 is 1.33 bits per heavy atom. The van der Waals surface area contributed by atoms with Crippen molar-refractivity contribution in [3.05, 3.63) is 35.9 Å². The van der Waals surface area contributed by atoms with E-state index in [-0.39, 0.29) is 18.3 Å². The molecule has 4 nitrogen and oxygen atoms in total. The van der Waals surface area contributed by atoms with Crippen molar-refractivity contribution in [3.8, 4) is 0 Å². The van der Waals surface area contributed by atoms with E-state index in [1.165, 1.54) is 0 Å². The first-order valence-corrected chi connectivity index (χ1v) is 6.49. The lowest BCUT2D eigenvalue weighted by molar-refractivity contribution is 0.559. The molecule has 0 aliphatic carbocycles. The summed E-state index contributed by atoms with van der Waals surface area (Å²) >= 11 is 0. The molecule has 1 unspecified atom stereocenters. The van der Waals surface area contributed by atoms with Crippen LogP contribution < -0.4 is 10.5 Å². The van der Waals surface area contributed by atoms with Crippen molar-refractivity contribution in [1.82, 2.24) is 4.72 Å². The highest BCUT2D eigenvalue weighted by Crippen LogP contribution is 2.11. The van der Waals surface area contributed by atoms with Crippen molar-refractivity contribution in [1.29, 1.82) is 0 Å². The standard InChI is InChI=1S/C10H16N2O2S/c1-2-15(13,14)12-10(8-11)9-6-4-3-5-7-9/h3-7,10,12H,2,8,11H2,1H3. The molecule has 5 heteroatoms. The van der Waals surface area contributed by atoms with Gasteiger partial charge in [-0.3, -0.25) is 0 Å². The Balaban J connectivity index is 2.83. The zero-order chi connectivity index (χ0) is 11.3. The van der Waals surface area contributed by atoms with Crippen molar-refractivity contribution < 1.29 is 8.42 Å². The normalized spacial score (nSPS) is 13.7. The Kier molecular flexibility index (Phi) is 4.26. The van der Waals surface area contributed by atoms with Gasteiger partial charge in [-0.15, -0.1) is 0 Å². The maximum atomic E-state index is 11.4. The summed E-state index contributed by atoms with van der Waals surface area (Å²) in [4.78, 5) is 0. The van der Waals surface area contributed by atoms with Crippen molar-refractivity contribution in [2.24, 2.45) is 5.73 Å². The van der Waals surface area contributed by atoms with Gasteiger partial charge in [-0.25, -0.2) is 13.1 Å². The molecule has 0 aromatic heterocycles. The van der Waals surface area contributed by atoms with Crippen LogP contribution in [0.15, 0.2) is 30.3 Å². The zero-order valence-corrected chi connectivity index (χ0v) is 9.50. The highest BCUT2D eigenvalue weighted by molar-refractivity contribution is 7.89. The Morgan fingerprint density at radius 3 is 2.40 bits per heavy atom. The van der Waals surface area contributed by atoms with Crippen LogP contribution in [-0.4, -0.2) is 20.7 Å². The van der Waals surface area contributed by atoms with Crippen molar-refractivity contribution in [2.45, 2.75) is 13.0 Å². The van der Waals surface area contributed by atoms with E-state index in [0.717, 1.165) is 5.56 Å². The number of nitrogens with one attached hydrogen (secondary N) is 1. The van der Waals surface area contributed by atoms with Gasteiger partial charge in [-0.1, -0.05) is 30.3 Å². The largest absolute Gasteiger partial charge is 0.329 e. The zero-order valence-electron chi connectivity index (χ0n) is 8.68. The number of nitrogens with two attached hydrogens (primary N) is 1. The summed E-state index contributed by atoms with van der Waals surface area (Å²) in [6, 6.07) is 8.98. The first kappa shape index (κ1) is 12.2. The van der Waals surface area contributed by atoms with Gasteiger partial charge in [0.1, 0.15) is 0 Å². The molecule has 3 N–H and O–H groups in total. The number of sulfonamides is 1. The minimum Gasteiger partial charge on any atom is -0.329 e. The topological polar surface area (TPSA) is 72.2 Å². The smallest absolute Gasteiger partial charge is 0.211 e. The summed E-state index contributed by atoms with van der Waals surface area (Å²) in [5.41, 5.74) is 6.43. The molecule has 0 heterocycles. The third kappa shape index (κ3) is 3.62. The number of hydrogen-bond acceptors (Lipinski definition) is 3. The molecule has 0 saturated heterocycles. The fourth-order valence-electron chi connectivity index (χ4n) is 1.24. The fourth-order valence-corrected chi connectivity index (χ4v) is 2.07. The molecule has 0 bridgehead atoms. The van der Waals surface area contributed by atoms with Crippen molar-refractivity contribution in [3.63, 3.8) is 0 Å². The molecule has 84 valence electrons. The maximum absolute atomic E-state index is 11.4. The monoisotopic (exact) mass is 228 g/mol. The second-order valence-electron chi connectivity index (χ2n) is 3.22. The van der Waals surface area contributed by atoms with Gasteiger partial charge in [0.15, 0.2) is 0 Å². The van der Waals surface area contributed by atoms with Crippen LogP contribution in [-0.2, 0) is 10.0 Å². The molecule has 1 atom stereocenters. The lowest BCUT2D eigenvalue weighted by Gasteiger charge is -2.16. The molecule has 15 heavy (non-hydrogen) atoms. The molecule has 0 saturated carbocycles. The Bertz CT molecular complexity index is 389. The molecule has 0 fully saturated rings. The van der Waals surface area contributed by atoms with Gasteiger partial charge < -0.3 is 5.73 Å². The van der Waals surface area contributed by atoms with Crippen LogP contribution in [0.4, 0.5) is 0 Å². The van der Waals surface area contributed by atoms with Crippen LogP contribution >= 0.6 is 0 Å². The molecule has 0 aliphatic rings. The quantitative estimate of drug-likeness (QED) is 0.776. The molecule has 1 rings (SSSR count). The predicted molar refractivity (Wildman–Crippen MR) is 60.8 cm³/mol. The van der Waals surface area contributed by atoms with Crippen molar-refractivity contribution >= 4 is 10.0 Å². The van der Waals surface area contributed by atoms with Gasteiger partial charge in [-0.2, -0.15) is 0 Å². The summed E-state index contributed by atoms with van der Waals surface area (Å²) in [6.45, 7) is 1.85. The lowest BCUT2D eigenvalue weighted by Crippen LogP contribution is -2.34. The molecule has 0 aliphatic heterocycles. The fraction of sp³-hybridized carbons (Fsp3) is 0.400. The maximum Gasteiger partial charge on any atom is 0.211 e. The molecule has 1 aromatic rings. The highest BCUT2D eigenvalue weighted by atomic mass is 32.2. The first-order valence-electron chi connectivity index (χ1n) is 4.84. The van der Waals surface area contributed by atoms with E-state index in [1.807, 2.05) is 30.3 Å². The highest BCUT2D eigenvalue weighted by Gasteiger charge is 2.15. The van der Waals surface area contributed by atoms with E-state index in [9.17, 15) is 8.42 Å². The molecule has 1 aromatic carbocycles. The van der Waals surface area contributed by atoms with E-state index in [0.29, 0.717) is 0 Å². The number of hydrogen-bond donors (Lipinski definition) is 2. The minimum atomic E-state index is -3.21. The van der Waals surface area contributed by atoms with Crippen LogP contribution in [0.1, 0.15) is 18.5 Å². The summed E-state index contributed by atoms with van der Waals surface area (Å²) in [6.07, 6.45) is 0. The second kappa shape index (κ2) is 5.25. The molecule has 0 radical (unpaired) electrons. The average molecular weight is 228 g/mol. The van der Waals surface area contributed by atoms with E-state index < -0.39 is 10.0 Å². The van der Waals surface area contributed by atoms with Gasteiger partial charge >= 0.3 is 0 Å². The Labute approximate surface area is 90.5 Å². The van der Waals surface area contributed by atoms with Crippen LogP contribution in [0.2, 0.25) is 0 Å². The first-order chi connectivity index (χ1) is 7.09. The summed E-state index contributed by atoms with van der Waals surface area (Å²) in [5, 5.41) is 0. The van der Waals surface area contributed by atoms with Crippen LogP contribution in [0.25, 0.3) is 0 Å². The van der Waals surface area contributed by atoms with Crippen molar-refractivity contribution in [2.75, 3.05) is 12.3 Å². The van der Waals surface area contributed by atoms with Crippen LogP contribution in [0.3, 0.4) is 0 Å². The lowest BCUT2D eigenvalue weighted by atomic mass is 10.1. The third-order valence-corrected chi connectivity index (χ3v) is 3.54. The molecular formula is C10H16N2O2S. The number of benzene rings is 1. The van der Waals surface area contributed by atoms with Crippen LogP contribution in [0.5, 0.6) is 0 Å². The van der Waals surface area contributed by atoms with Gasteiger partial charge in [-0.05, 0) is 12.5 Å². The second-order valence-corrected chi connectivity index (χ2v) is 5.26. The summed E-state index contributed by atoms with van der Waals surface area (Å²) in [7, 11) is -3.21. The van der Waals surface area contributed by atoms with Crippen LogP contribution in [0, 0.1) is 0 Å². The minimum absolute atomic E-state index is 0.0658. The van der Waals surface area contributed by atoms with E-state index in [2.05, 4.69) is 4.72 Å². The van der Waals surface area contributed by atoms with Gasteiger partial charge in [0.2, 0.25) is 10.0 Å². The van der Waals surface area contributed by atoms with E-state index in [1.54, 1.807) is 6.92 Å². The Hall–Kier alpha value is -0.910. The Morgan fingerprint density at radius 2 is 1.93 bits per heavy atom. The molecule has 0 amide bonds. The average Bonchev–Trinajstić information content (AvgIpc) is 2.27. The third-order valence-electron chi connectivity index (χ3n) is 2.14. The predicted octanol–water partition coefficient (Wildman–Crippen LogP) is 0.626.